The maximum absolute atomic E-state index is 15.0. The van der Waals surface area contributed by atoms with E-state index in [0.717, 1.165) is 0 Å². The van der Waals surface area contributed by atoms with Crippen LogP contribution in [0.1, 0.15) is 30.4 Å². The summed E-state index contributed by atoms with van der Waals surface area (Å²) in [7, 11) is -0.885. The normalized spacial score (nSPS) is 20.8. The minimum absolute atomic E-state index is 0.0276. The average Bonchev–Trinajstić information content (AvgIpc) is 3.30. The van der Waals surface area contributed by atoms with Crippen LogP contribution in [0, 0.1) is 11.7 Å². The fourth-order valence-electron chi connectivity index (χ4n) is 3.84. The summed E-state index contributed by atoms with van der Waals surface area (Å²) in [6.45, 7) is 0.0276. The molecule has 0 aromatic heterocycles. The number of benzene rings is 2. The molecule has 0 spiro atoms. The van der Waals surface area contributed by atoms with E-state index in [1.807, 2.05) is 18.2 Å². The number of carbonyl (C=O) groups is 1. The Morgan fingerprint density at radius 1 is 1.09 bits per heavy atom. The van der Waals surface area contributed by atoms with Gasteiger partial charge in [-0.25, -0.2) is 13.2 Å². The molecule has 9 heteroatoms. The molecular formula is C23H22F3N3O2S. The van der Waals surface area contributed by atoms with Crippen LogP contribution >= 0.6 is 0 Å². The van der Waals surface area contributed by atoms with Gasteiger partial charge in [-0.15, -0.1) is 0 Å². The lowest BCUT2D eigenvalue weighted by molar-refractivity contribution is -0.122. The second kappa shape index (κ2) is 9.77. The van der Waals surface area contributed by atoms with Gasteiger partial charge in [0.25, 0.3) is 6.43 Å². The monoisotopic (exact) mass is 461 g/mol. The van der Waals surface area contributed by atoms with E-state index >= 15 is 0 Å². The van der Waals surface area contributed by atoms with E-state index in [2.05, 4.69) is 10.2 Å². The molecule has 2 heterocycles. The zero-order valence-corrected chi connectivity index (χ0v) is 18.0. The van der Waals surface area contributed by atoms with Crippen LogP contribution in [0.4, 0.5) is 18.9 Å². The molecule has 4 rings (SSSR count). The van der Waals surface area contributed by atoms with Crippen molar-refractivity contribution < 1.29 is 22.2 Å². The van der Waals surface area contributed by atoms with Crippen molar-refractivity contribution in [2.75, 3.05) is 16.4 Å². The van der Waals surface area contributed by atoms with Gasteiger partial charge >= 0.3 is 0 Å². The Morgan fingerprint density at radius 2 is 1.81 bits per heavy atom. The van der Waals surface area contributed by atoms with E-state index in [-0.39, 0.29) is 36.2 Å². The molecule has 32 heavy (non-hydrogen) atoms. The summed E-state index contributed by atoms with van der Waals surface area (Å²) in [6.07, 6.45) is -1.72. The minimum Gasteiger partial charge on any atom is -0.308 e. The highest BCUT2D eigenvalue weighted by Crippen LogP contribution is 2.26. The summed E-state index contributed by atoms with van der Waals surface area (Å²) < 4.78 is 52.2. The molecule has 0 radical (unpaired) electrons. The largest absolute Gasteiger partial charge is 0.308 e. The summed E-state index contributed by atoms with van der Waals surface area (Å²) >= 11 is 0. The summed E-state index contributed by atoms with van der Waals surface area (Å²) in [5, 5.41) is 7.22. The van der Waals surface area contributed by atoms with Crippen LogP contribution in [-0.2, 0) is 22.1 Å². The standard InChI is InChI=1S/C23H22F3N3O2S/c24-19-12-16(20-13-21(22(25)26)28-27-20)6-7-17(19)14-29(18-4-2-1-3-5-18)23(30)15-8-10-32(31)11-9-15/h1-7,12,15,22H,8-11,13-14H2. The van der Waals surface area contributed by atoms with Crippen molar-refractivity contribution in [2.24, 2.45) is 16.1 Å². The van der Waals surface area contributed by atoms with Gasteiger partial charge in [-0.1, -0.05) is 30.3 Å². The summed E-state index contributed by atoms with van der Waals surface area (Å²) in [6, 6.07) is 13.4. The number of para-hydroxylation sites is 1. The van der Waals surface area contributed by atoms with Gasteiger partial charge in [0.2, 0.25) is 5.91 Å². The number of hydrogen-bond acceptors (Lipinski definition) is 4. The molecule has 1 saturated heterocycles. The lowest BCUT2D eigenvalue weighted by Crippen LogP contribution is -2.38. The third-order valence-corrected chi connectivity index (χ3v) is 7.07. The third kappa shape index (κ3) is 4.98. The molecule has 0 aliphatic carbocycles. The molecule has 2 aliphatic rings. The van der Waals surface area contributed by atoms with E-state index < -0.39 is 23.0 Å². The number of carbonyl (C=O) groups excluding carboxylic acids is 1. The Kier molecular flexibility index (Phi) is 6.83. The highest BCUT2D eigenvalue weighted by Gasteiger charge is 2.30. The summed E-state index contributed by atoms with van der Waals surface area (Å²) in [5.74, 6) is 0.0634. The summed E-state index contributed by atoms with van der Waals surface area (Å²) in [4.78, 5) is 14.9. The number of anilines is 1. The first kappa shape index (κ1) is 22.4. The van der Waals surface area contributed by atoms with E-state index in [1.54, 1.807) is 29.2 Å². The zero-order valence-electron chi connectivity index (χ0n) is 17.2. The topological polar surface area (TPSA) is 62.1 Å². The van der Waals surface area contributed by atoms with Gasteiger partial charge in [0.05, 0.1) is 12.3 Å². The highest BCUT2D eigenvalue weighted by molar-refractivity contribution is 7.85. The van der Waals surface area contributed by atoms with Crippen LogP contribution in [0.3, 0.4) is 0 Å². The molecule has 0 atom stereocenters. The minimum atomic E-state index is -2.69. The van der Waals surface area contributed by atoms with Crippen LogP contribution in [0.2, 0.25) is 0 Å². The Labute approximate surface area is 186 Å². The number of halogens is 3. The predicted molar refractivity (Wildman–Crippen MR) is 119 cm³/mol. The third-order valence-electron chi connectivity index (χ3n) is 5.69. The van der Waals surface area contributed by atoms with E-state index in [1.165, 1.54) is 6.07 Å². The lowest BCUT2D eigenvalue weighted by Gasteiger charge is -2.29. The average molecular weight is 462 g/mol. The van der Waals surface area contributed by atoms with Gasteiger partial charge in [0.15, 0.2) is 0 Å². The van der Waals surface area contributed by atoms with Crippen LogP contribution in [0.5, 0.6) is 0 Å². The van der Waals surface area contributed by atoms with Gasteiger partial charge in [-0.3, -0.25) is 9.00 Å². The van der Waals surface area contributed by atoms with Crippen LogP contribution in [0.25, 0.3) is 0 Å². The molecule has 1 fully saturated rings. The maximum Gasteiger partial charge on any atom is 0.278 e. The molecule has 0 N–H and O–H groups in total. The van der Waals surface area contributed by atoms with Crippen LogP contribution in [-0.4, -0.2) is 39.5 Å². The van der Waals surface area contributed by atoms with E-state index in [4.69, 9.17) is 0 Å². The van der Waals surface area contributed by atoms with E-state index in [0.29, 0.717) is 41.2 Å². The Balaban J connectivity index is 1.55. The molecule has 5 nitrogen and oxygen atoms in total. The fourth-order valence-corrected chi connectivity index (χ4v) is 5.14. The Hall–Kier alpha value is -2.81. The number of hydrogen-bond donors (Lipinski definition) is 0. The maximum atomic E-state index is 15.0. The molecule has 2 aromatic carbocycles. The van der Waals surface area contributed by atoms with Crippen molar-refractivity contribution in [3.05, 3.63) is 65.5 Å². The highest BCUT2D eigenvalue weighted by atomic mass is 32.2. The molecule has 0 bridgehead atoms. The Morgan fingerprint density at radius 3 is 2.44 bits per heavy atom. The molecule has 2 aliphatic heterocycles. The molecule has 1 amide bonds. The smallest absolute Gasteiger partial charge is 0.278 e. The first-order valence-electron chi connectivity index (χ1n) is 10.3. The van der Waals surface area contributed by atoms with Crippen molar-refractivity contribution in [3.63, 3.8) is 0 Å². The first-order valence-corrected chi connectivity index (χ1v) is 11.8. The van der Waals surface area contributed by atoms with Gasteiger partial charge in [-0.05, 0) is 31.0 Å². The number of rotatable bonds is 6. The second-order valence-corrected chi connectivity index (χ2v) is 9.50. The van der Waals surface area contributed by atoms with Crippen LogP contribution < -0.4 is 4.90 Å². The zero-order chi connectivity index (χ0) is 22.7. The van der Waals surface area contributed by atoms with Gasteiger partial charge in [-0.2, -0.15) is 10.2 Å². The first-order chi connectivity index (χ1) is 15.4. The fraction of sp³-hybridized carbons (Fsp3) is 0.348. The quantitative estimate of drug-likeness (QED) is 0.643. The van der Waals surface area contributed by atoms with Crippen molar-refractivity contribution in [1.82, 2.24) is 0 Å². The molecule has 2 aromatic rings. The molecule has 0 saturated carbocycles. The van der Waals surface area contributed by atoms with Crippen LogP contribution in [0.15, 0.2) is 58.7 Å². The lowest BCUT2D eigenvalue weighted by atomic mass is 9.99. The van der Waals surface area contributed by atoms with Crippen molar-refractivity contribution in [1.29, 1.82) is 0 Å². The predicted octanol–water partition coefficient (Wildman–Crippen LogP) is 4.33. The van der Waals surface area contributed by atoms with Crippen molar-refractivity contribution in [2.45, 2.75) is 32.2 Å². The van der Waals surface area contributed by atoms with E-state index in [9.17, 15) is 22.2 Å². The second-order valence-electron chi connectivity index (χ2n) is 7.80. The molecule has 168 valence electrons. The molecule has 0 unspecified atom stereocenters. The number of nitrogens with zero attached hydrogens (tertiary/aromatic N) is 3. The van der Waals surface area contributed by atoms with Crippen molar-refractivity contribution >= 4 is 33.8 Å². The SMILES string of the molecule is O=C(C1CCS(=O)CC1)N(Cc1ccc(C2=NN=C(C(F)F)C2)cc1F)c1ccccc1. The summed E-state index contributed by atoms with van der Waals surface area (Å²) in [5.41, 5.74) is 1.30. The van der Waals surface area contributed by atoms with Gasteiger partial charge in [0, 0.05) is 51.5 Å². The number of alkyl halides is 2. The van der Waals surface area contributed by atoms with Crippen molar-refractivity contribution in [3.8, 4) is 0 Å². The number of amides is 1. The Bertz CT molecular complexity index is 1080. The molecular weight excluding hydrogens is 439 g/mol. The van der Waals surface area contributed by atoms with Gasteiger partial charge in [0.1, 0.15) is 11.5 Å². The van der Waals surface area contributed by atoms with Gasteiger partial charge < -0.3 is 4.90 Å².